The number of fused-ring (bicyclic) bond motifs is 1. The Balaban J connectivity index is 2.59. The average Bonchev–Trinajstić information content (AvgIpc) is 2.42. The number of Topliss-reactive ketones (excluding diaryl/α,β-unsaturated/α-hetero) is 1. The fourth-order valence-electron chi connectivity index (χ4n) is 2.11. The summed E-state index contributed by atoms with van der Waals surface area (Å²) in [6, 6.07) is 7.99. The zero-order valence-corrected chi connectivity index (χ0v) is 8.13. The van der Waals surface area contributed by atoms with Gasteiger partial charge in [-0.2, -0.15) is 0 Å². The van der Waals surface area contributed by atoms with Crippen molar-refractivity contribution in [2.75, 3.05) is 0 Å². The molecule has 1 aromatic rings. The largest absolute Gasteiger partial charge is 0.294 e. The molecule has 0 aliphatic heterocycles. The van der Waals surface area contributed by atoms with Crippen LogP contribution in [0.25, 0.3) is 0 Å². The van der Waals surface area contributed by atoms with Crippen molar-refractivity contribution in [1.82, 2.24) is 0 Å². The van der Waals surface area contributed by atoms with Crippen LogP contribution in [0.15, 0.2) is 24.3 Å². The quantitative estimate of drug-likeness (QED) is 0.639. The van der Waals surface area contributed by atoms with Gasteiger partial charge in [-0.1, -0.05) is 38.1 Å². The van der Waals surface area contributed by atoms with Gasteiger partial charge < -0.3 is 0 Å². The highest BCUT2D eigenvalue weighted by Gasteiger charge is 2.37. The van der Waals surface area contributed by atoms with Crippen molar-refractivity contribution in [3.63, 3.8) is 0 Å². The minimum atomic E-state index is 0.0909. The summed E-state index contributed by atoms with van der Waals surface area (Å²) in [5, 5.41) is 0. The van der Waals surface area contributed by atoms with Crippen LogP contribution < -0.4 is 0 Å². The molecule has 1 aromatic carbocycles. The molecule has 0 unspecified atom stereocenters. The molecule has 0 heterocycles. The topological polar surface area (TPSA) is 17.1 Å². The van der Waals surface area contributed by atoms with Gasteiger partial charge in [0.25, 0.3) is 0 Å². The minimum absolute atomic E-state index is 0.0909. The molecule has 0 spiro atoms. The first-order valence-corrected chi connectivity index (χ1v) is 4.80. The molecule has 0 N–H and O–H groups in total. The third-order valence-electron chi connectivity index (χ3n) is 3.21. The normalized spacial score (nSPS) is 26.2. The molecule has 0 amide bonds. The van der Waals surface area contributed by atoms with Gasteiger partial charge in [-0.05, 0) is 12.0 Å². The summed E-state index contributed by atoms with van der Waals surface area (Å²) < 4.78 is 0. The van der Waals surface area contributed by atoms with Gasteiger partial charge in [0, 0.05) is 17.4 Å². The van der Waals surface area contributed by atoms with Crippen molar-refractivity contribution in [2.24, 2.45) is 0 Å². The van der Waals surface area contributed by atoms with Gasteiger partial charge in [-0.15, -0.1) is 0 Å². The number of rotatable bonds is 1. The molecular formula is C12H14O. The van der Waals surface area contributed by atoms with Crippen LogP contribution in [-0.2, 0) is 5.41 Å². The Morgan fingerprint density at radius 2 is 2.08 bits per heavy atom. The lowest BCUT2D eigenvalue weighted by molar-refractivity contribution is 0.0975. The lowest BCUT2D eigenvalue weighted by atomic mass is 9.82. The van der Waals surface area contributed by atoms with Gasteiger partial charge in [0.2, 0.25) is 0 Å². The van der Waals surface area contributed by atoms with E-state index in [9.17, 15) is 4.79 Å². The first-order valence-electron chi connectivity index (χ1n) is 4.80. The van der Waals surface area contributed by atoms with Crippen LogP contribution in [0.4, 0.5) is 0 Å². The van der Waals surface area contributed by atoms with Crippen LogP contribution in [0.3, 0.4) is 0 Å². The standard InChI is InChI=1S/C12H14O/c1-3-12(2)8-11(13)9-6-4-5-7-10(9)12/h4-7H,3,8H2,1-2H3/t12-/m1/s1. The Hall–Kier alpha value is -1.11. The van der Waals surface area contributed by atoms with Crippen LogP contribution in [-0.4, -0.2) is 5.78 Å². The highest BCUT2D eigenvalue weighted by atomic mass is 16.1. The van der Waals surface area contributed by atoms with Crippen LogP contribution >= 0.6 is 0 Å². The molecule has 1 aliphatic carbocycles. The second-order valence-corrected chi connectivity index (χ2v) is 4.06. The number of hydrogen-bond donors (Lipinski definition) is 0. The molecule has 2 rings (SSSR count). The van der Waals surface area contributed by atoms with Crippen molar-refractivity contribution in [3.8, 4) is 0 Å². The lowest BCUT2D eigenvalue weighted by Crippen LogP contribution is -2.16. The number of benzene rings is 1. The fraction of sp³-hybridized carbons (Fsp3) is 0.417. The summed E-state index contributed by atoms with van der Waals surface area (Å²) >= 11 is 0. The molecule has 0 aromatic heterocycles. The maximum absolute atomic E-state index is 11.6. The monoisotopic (exact) mass is 174 g/mol. The van der Waals surface area contributed by atoms with E-state index in [-0.39, 0.29) is 5.41 Å². The summed E-state index contributed by atoms with van der Waals surface area (Å²) in [5.74, 6) is 0.306. The summed E-state index contributed by atoms with van der Waals surface area (Å²) in [4.78, 5) is 11.6. The van der Waals surface area contributed by atoms with E-state index in [2.05, 4.69) is 19.9 Å². The zero-order valence-electron chi connectivity index (χ0n) is 8.13. The zero-order chi connectivity index (χ0) is 9.47. The number of carbonyl (C=O) groups is 1. The van der Waals surface area contributed by atoms with Gasteiger partial charge >= 0.3 is 0 Å². The third kappa shape index (κ3) is 1.11. The number of ketones is 1. The van der Waals surface area contributed by atoms with Gasteiger partial charge in [0.15, 0.2) is 5.78 Å². The summed E-state index contributed by atoms with van der Waals surface area (Å²) in [6.45, 7) is 4.33. The Morgan fingerprint density at radius 3 is 2.77 bits per heavy atom. The molecule has 13 heavy (non-hydrogen) atoms. The van der Waals surface area contributed by atoms with E-state index >= 15 is 0 Å². The van der Waals surface area contributed by atoms with E-state index in [1.807, 2.05) is 18.2 Å². The van der Waals surface area contributed by atoms with Crippen molar-refractivity contribution >= 4 is 5.78 Å². The molecule has 0 fully saturated rings. The van der Waals surface area contributed by atoms with E-state index in [0.29, 0.717) is 12.2 Å². The maximum atomic E-state index is 11.6. The SMILES string of the molecule is CC[C@]1(C)CC(=O)c2ccccc21. The first-order chi connectivity index (χ1) is 6.17. The van der Waals surface area contributed by atoms with Gasteiger partial charge in [-0.25, -0.2) is 0 Å². The average molecular weight is 174 g/mol. The van der Waals surface area contributed by atoms with Crippen LogP contribution in [0.5, 0.6) is 0 Å². The van der Waals surface area contributed by atoms with Crippen LogP contribution in [0.2, 0.25) is 0 Å². The maximum Gasteiger partial charge on any atom is 0.164 e. The number of carbonyl (C=O) groups excluding carboxylic acids is 1. The second kappa shape index (κ2) is 2.69. The summed E-state index contributed by atoms with van der Waals surface area (Å²) in [6.07, 6.45) is 1.72. The Morgan fingerprint density at radius 1 is 1.38 bits per heavy atom. The fourth-order valence-corrected chi connectivity index (χ4v) is 2.11. The smallest absolute Gasteiger partial charge is 0.164 e. The van der Waals surface area contributed by atoms with Crippen LogP contribution in [0.1, 0.15) is 42.6 Å². The molecule has 1 atom stereocenters. The van der Waals surface area contributed by atoms with E-state index in [4.69, 9.17) is 0 Å². The molecule has 1 aliphatic rings. The molecule has 0 saturated heterocycles. The molecular weight excluding hydrogens is 160 g/mol. The van der Waals surface area contributed by atoms with Crippen molar-refractivity contribution in [3.05, 3.63) is 35.4 Å². The summed E-state index contributed by atoms with van der Waals surface area (Å²) in [7, 11) is 0. The third-order valence-corrected chi connectivity index (χ3v) is 3.21. The minimum Gasteiger partial charge on any atom is -0.294 e. The lowest BCUT2D eigenvalue weighted by Gasteiger charge is -2.21. The summed E-state index contributed by atoms with van der Waals surface area (Å²) in [5.41, 5.74) is 2.27. The Kier molecular flexibility index (Phi) is 1.76. The van der Waals surface area contributed by atoms with Crippen molar-refractivity contribution < 1.29 is 4.79 Å². The van der Waals surface area contributed by atoms with Crippen LogP contribution in [0, 0.1) is 0 Å². The van der Waals surface area contributed by atoms with E-state index in [1.54, 1.807) is 0 Å². The predicted octanol–water partition coefficient (Wildman–Crippen LogP) is 2.94. The van der Waals surface area contributed by atoms with Gasteiger partial charge in [-0.3, -0.25) is 4.79 Å². The van der Waals surface area contributed by atoms with Crippen molar-refractivity contribution in [2.45, 2.75) is 32.1 Å². The van der Waals surface area contributed by atoms with E-state index < -0.39 is 0 Å². The van der Waals surface area contributed by atoms with Gasteiger partial charge in [0.1, 0.15) is 0 Å². The molecule has 0 bridgehead atoms. The number of hydrogen-bond acceptors (Lipinski definition) is 1. The Labute approximate surface area is 78.8 Å². The molecule has 0 radical (unpaired) electrons. The molecule has 1 nitrogen and oxygen atoms in total. The molecule has 0 saturated carbocycles. The van der Waals surface area contributed by atoms with Gasteiger partial charge in [0.05, 0.1) is 0 Å². The van der Waals surface area contributed by atoms with E-state index in [0.717, 1.165) is 12.0 Å². The second-order valence-electron chi connectivity index (χ2n) is 4.06. The molecule has 1 heteroatoms. The van der Waals surface area contributed by atoms with E-state index in [1.165, 1.54) is 5.56 Å². The highest BCUT2D eigenvalue weighted by molar-refractivity contribution is 6.02. The van der Waals surface area contributed by atoms with Crippen molar-refractivity contribution in [1.29, 1.82) is 0 Å². The highest BCUT2D eigenvalue weighted by Crippen LogP contribution is 2.40. The molecule has 68 valence electrons. The Bertz CT molecular complexity index is 354. The first kappa shape index (κ1) is 8.49. The predicted molar refractivity (Wildman–Crippen MR) is 53.0 cm³/mol.